The Morgan fingerprint density at radius 2 is 2.00 bits per heavy atom. The van der Waals surface area contributed by atoms with Crippen molar-refractivity contribution in [2.75, 3.05) is 33.4 Å². The minimum atomic E-state index is -0.450. The fourth-order valence-corrected chi connectivity index (χ4v) is 1.61. The maximum atomic E-state index is 9.15. The molecule has 0 saturated carbocycles. The molecule has 102 valence electrons. The van der Waals surface area contributed by atoms with Crippen molar-refractivity contribution in [3.8, 4) is 5.75 Å². The molecule has 4 heteroatoms. The Morgan fingerprint density at radius 3 is 2.61 bits per heavy atom. The molecular formula is C14H23NO3. The lowest BCUT2D eigenvalue weighted by atomic mass is 9.93. The summed E-state index contributed by atoms with van der Waals surface area (Å²) in [6.07, 6.45) is 0.893. The topological polar surface area (TPSA) is 61.7 Å². The Kier molecular flexibility index (Phi) is 6.12. The number of benzene rings is 1. The van der Waals surface area contributed by atoms with Gasteiger partial charge in [0.05, 0.1) is 20.3 Å². The second-order valence-electron chi connectivity index (χ2n) is 4.91. The van der Waals surface area contributed by atoms with Crippen molar-refractivity contribution < 1.29 is 14.9 Å². The molecule has 1 rings (SSSR count). The van der Waals surface area contributed by atoms with Crippen LogP contribution in [0.2, 0.25) is 0 Å². The van der Waals surface area contributed by atoms with E-state index in [4.69, 9.17) is 14.9 Å². The Hall–Kier alpha value is -1.10. The Morgan fingerprint density at radius 1 is 1.28 bits per heavy atom. The summed E-state index contributed by atoms with van der Waals surface area (Å²) in [6, 6.07) is 7.96. The lowest BCUT2D eigenvalue weighted by Gasteiger charge is -2.24. The Labute approximate surface area is 109 Å². The molecular weight excluding hydrogens is 230 g/mol. The number of ether oxygens (including phenoxy) is 1. The molecule has 0 aliphatic carbocycles. The molecule has 0 saturated heterocycles. The Balaban J connectivity index is 2.33. The normalized spacial score (nSPS) is 11.6. The van der Waals surface area contributed by atoms with Gasteiger partial charge in [-0.1, -0.05) is 19.1 Å². The monoisotopic (exact) mass is 253 g/mol. The molecule has 0 heterocycles. The van der Waals surface area contributed by atoms with Gasteiger partial charge in [0.25, 0.3) is 0 Å². The van der Waals surface area contributed by atoms with E-state index < -0.39 is 5.41 Å². The van der Waals surface area contributed by atoms with Crippen LogP contribution in [-0.4, -0.2) is 43.6 Å². The van der Waals surface area contributed by atoms with Gasteiger partial charge in [-0.15, -0.1) is 0 Å². The highest BCUT2D eigenvalue weighted by Gasteiger charge is 2.21. The minimum absolute atomic E-state index is 0.0182. The van der Waals surface area contributed by atoms with Crippen LogP contribution in [0.15, 0.2) is 24.3 Å². The van der Waals surface area contributed by atoms with Gasteiger partial charge in [0.15, 0.2) is 0 Å². The number of aliphatic hydroxyl groups excluding tert-OH is 2. The predicted octanol–water partition coefficient (Wildman–Crippen LogP) is 0.818. The van der Waals surface area contributed by atoms with E-state index in [1.807, 2.05) is 25.1 Å². The number of hydrogen-bond acceptors (Lipinski definition) is 4. The molecule has 0 aliphatic heterocycles. The van der Waals surface area contributed by atoms with E-state index in [1.54, 1.807) is 7.11 Å². The first-order valence-electron chi connectivity index (χ1n) is 6.19. The molecule has 3 N–H and O–H groups in total. The van der Waals surface area contributed by atoms with Crippen LogP contribution in [-0.2, 0) is 6.42 Å². The standard InChI is InChI=1S/C14H23NO3/c1-14(10-16,11-17)9-15-7-6-12-4-3-5-13(8-12)18-2/h3-5,8,15-17H,6-7,9-11H2,1-2H3. The van der Waals surface area contributed by atoms with E-state index in [9.17, 15) is 0 Å². The van der Waals surface area contributed by atoms with E-state index in [0.717, 1.165) is 18.7 Å². The lowest BCUT2D eigenvalue weighted by Crippen LogP contribution is -2.38. The molecule has 0 aliphatic rings. The maximum absolute atomic E-state index is 9.15. The van der Waals surface area contributed by atoms with Crippen molar-refractivity contribution in [3.63, 3.8) is 0 Å². The maximum Gasteiger partial charge on any atom is 0.119 e. The molecule has 4 nitrogen and oxygen atoms in total. The third-order valence-electron chi connectivity index (χ3n) is 3.04. The number of rotatable bonds is 8. The van der Waals surface area contributed by atoms with Crippen molar-refractivity contribution in [2.24, 2.45) is 5.41 Å². The van der Waals surface area contributed by atoms with E-state index in [-0.39, 0.29) is 13.2 Å². The van der Waals surface area contributed by atoms with Crippen LogP contribution in [0.4, 0.5) is 0 Å². The molecule has 18 heavy (non-hydrogen) atoms. The molecule has 0 atom stereocenters. The molecule has 0 radical (unpaired) electrons. The van der Waals surface area contributed by atoms with E-state index in [2.05, 4.69) is 11.4 Å². The number of hydrogen-bond donors (Lipinski definition) is 3. The van der Waals surface area contributed by atoms with Crippen LogP contribution in [0.5, 0.6) is 5.75 Å². The summed E-state index contributed by atoms with van der Waals surface area (Å²) < 4.78 is 5.16. The number of nitrogens with one attached hydrogen (secondary N) is 1. The van der Waals surface area contributed by atoms with E-state index >= 15 is 0 Å². The van der Waals surface area contributed by atoms with Gasteiger partial charge in [-0.05, 0) is 30.7 Å². The molecule has 0 amide bonds. The fraction of sp³-hybridized carbons (Fsp3) is 0.571. The fourth-order valence-electron chi connectivity index (χ4n) is 1.61. The highest BCUT2D eigenvalue weighted by atomic mass is 16.5. The van der Waals surface area contributed by atoms with Gasteiger partial charge in [0.2, 0.25) is 0 Å². The van der Waals surface area contributed by atoms with Crippen LogP contribution in [0, 0.1) is 5.41 Å². The van der Waals surface area contributed by atoms with Crippen LogP contribution >= 0.6 is 0 Å². The predicted molar refractivity (Wildman–Crippen MR) is 71.8 cm³/mol. The number of methoxy groups -OCH3 is 1. The van der Waals surface area contributed by atoms with Crippen LogP contribution < -0.4 is 10.1 Å². The second kappa shape index (κ2) is 7.36. The first-order chi connectivity index (χ1) is 8.63. The zero-order chi connectivity index (χ0) is 13.4. The van der Waals surface area contributed by atoms with Crippen molar-refractivity contribution in [3.05, 3.63) is 29.8 Å². The first kappa shape index (κ1) is 15.0. The van der Waals surface area contributed by atoms with Crippen LogP contribution in [0.25, 0.3) is 0 Å². The molecule has 0 aromatic heterocycles. The van der Waals surface area contributed by atoms with E-state index in [1.165, 1.54) is 5.56 Å². The summed E-state index contributed by atoms with van der Waals surface area (Å²) in [5.74, 6) is 0.864. The van der Waals surface area contributed by atoms with Crippen molar-refractivity contribution in [2.45, 2.75) is 13.3 Å². The van der Waals surface area contributed by atoms with Gasteiger partial charge in [-0.3, -0.25) is 0 Å². The van der Waals surface area contributed by atoms with Gasteiger partial charge in [0, 0.05) is 12.0 Å². The quantitative estimate of drug-likeness (QED) is 0.600. The number of aliphatic hydroxyl groups is 2. The van der Waals surface area contributed by atoms with Crippen LogP contribution in [0.1, 0.15) is 12.5 Å². The van der Waals surface area contributed by atoms with Gasteiger partial charge < -0.3 is 20.3 Å². The zero-order valence-electron chi connectivity index (χ0n) is 11.1. The summed E-state index contributed by atoms with van der Waals surface area (Å²) in [5.41, 5.74) is 0.755. The third kappa shape index (κ3) is 4.64. The van der Waals surface area contributed by atoms with Gasteiger partial charge in [-0.2, -0.15) is 0 Å². The van der Waals surface area contributed by atoms with Gasteiger partial charge in [0.1, 0.15) is 5.75 Å². The summed E-state index contributed by atoms with van der Waals surface area (Å²) in [4.78, 5) is 0. The van der Waals surface area contributed by atoms with Crippen LogP contribution in [0.3, 0.4) is 0 Å². The first-order valence-corrected chi connectivity index (χ1v) is 6.19. The van der Waals surface area contributed by atoms with Gasteiger partial charge in [-0.25, -0.2) is 0 Å². The average Bonchev–Trinajstić information content (AvgIpc) is 2.43. The average molecular weight is 253 g/mol. The molecule has 0 fully saturated rings. The smallest absolute Gasteiger partial charge is 0.119 e. The van der Waals surface area contributed by atoms with E-state index in [0.29, 0.717) is 6.54 Å². The minimum Gasteiger partial charge on any atom is -0.497 e. The highest BCUT2D eigenvalue weighted by Crippen LogP contribution is 2.14. The molecule has 0 spiro atoms. The lowest BCUT2D eigenvalue weighted by molar-refractivity contribution is 0.0700. The summed E-state index contributed by atoms with van der Waals surface area (Å²) in [6.45, 7) is 3.23. The van der Waals surface area contributed by atoms with Crippen molar-refractivity contribution >= 4 is 0 Å². The largest absolute Gasteiger partial charge is 0.497 e. The molecule has 1 aromatic rings. The third-order valence-corrected chi connectivity index (χ3v) is 3.04. The molecule has 1 aromatic carbocycles. The van der Waals surface area contributed by atoms with Gasteiger partial charge >= 0.3 is 0 Å². The summed E-state index contributed by atoms with van der Waals surface area (Å²) >= 11 is 0. The highest BCUT2D eigenvalue weighted by molar-refractivity contribution is 5.28. The summed E-state index contributed by atoms with van der Waals surface area (Å²) in [7, 11) is 1.66. The Bertz CT molecular complexity index is 351. The molecule has 0 unspecified atom stereocenters. The van der Waals surface area contributed by atoms with Crippen molar-refractivity contribution in [1.82, 2.24) is 5.32 Å². The van der Waals surface area contributed by atoms with Crippen molar-refractivity contribution in [1.29, 1.82) is 0 Å². The SMILES string of the molecule is COc1cccc(CCNCC(C)(CO)CO)c1. The summed E-state index contributed by atoms with van der Waals surface area (Å²) in [5, 5.41) is 21.6. The zero-order valence-corrected chi connectivity index (χ0v) is 11.1. The second-order valence-corrected chi connectivity index (χ2v) is 4.91. The molecule has 0 bridgehead atoms.